The molecule has 1 aromatic heterocycles. The highest BCUT2D eigenvalue weighted by Crippen LogP contribution is 2.16. The number of carbonyl (C=O) groups excluding carboxylic acids is 1. The van der Waals surface area contributed by atoms with Crippen molar-refractivity contribution in [1.29, 1.82) is 0 Å². The maximum Gasteiger partial charge on any atom is 0.344 e. The first-order valence-electron chi connectivity index (χ1n) is 7.82. The molecule has 0 aliphatic heterocycles. The molecule has 3 rings (SSSR count). The third-order valence-corrected chi connectivity index (χ3v) is 3.75. The molecule has 0 saturated heterocycles. The molecular formula is C18H14BrFN2O5. The summed E-state index contributed by atoms with van der Waals surface area (Å²) < 4.78 is 34.4. The van der Waals surface area contributed by atoms with Gasteiger partial charge in [0.2, 0.25) is 5.82 Å². The highest BCUT2D eigenvalue weighted by Gasteiger charge is 2.11. The van der Waals surface area contributed by atoms with Gasteiger partial charge in [-0.05, 0) is 48.5 Å². The molecule has 0 radical (unpaired) electrons. The smallest absolute Gasteiger partial charge is 0.344 e. The molecule has 0 saturated carbocycles. The Balaban J connectivity index is 1.40. The fraction of sp³-hybridized carbons (Fsp3) is 0.167. The third-order valence-electron chi connectivity index (χ3n) is 3.22. The number of esters is 1. The van der Waals surface area contributed by atoms with E-state index in [-0.39, 0.29) is 37.4 Å². The maximum atomic E-state index is 12.8. The van der Waals surface area contributed by atoms with Crippen molar-refractivity contribution >= 4 is 21.9 Å². The molecule has 1 heterocycles. The van der Waals surface area contributed by atoms with E-state index in [0.29, 0.717) is 11.5 Å². The first-order chi connectivity index (χ1) is 13.1. The van der Waals surface area contributed by atoms with E-state index in [4.69, 9.17) is 18.7 Å². The number of aromatic nitrogens is 2. The predicted octanol–water partition coefficient (Wildman–Crippen LogP) is 3.67. The summed E-state index contributed by atoms with van der Waals surface area (Å²) in [5, 5.41) is 3.72. The van der Waals surface area contributed by atoms with Crippen molar-refractivity contribution in [2.75, 3.05) is 6.61 Å². The number of hydrogen-bond donors (Lipinski definition) is 0. The van der Waals surface area contributed by atoms with Crippen molar-refractivity contribution in [3.8, 4) is 11.5 Å². The summed E-state index contributed by atoms with van der Waals surface area (Å²) in [5.74, 6) is 0.504. The largest absolute Gasteiger partial charge is 0.485 e. The van der Waals surface area contributed by atoms with Crippen molar-refractivity contribution in [3.63, 3.8) is 0 Å². The third kappa shape index (κ3) is 6.07. The van der Waals surface area contributed by atoms with Gasteiger partial charge in [-0.3, -0.25) is 0 Å². The quantitative estimate of drug-likeness (QED) is 0.498. The molecule has 0 bridgehead atoms. The van der Waals surface area contributed by atoms with Crippen LogP contribution in [0.25, 0.3) is 0 Å². The molecule has 7 nitrogen and oxygen atoms in total. The Hall–Kier alpha value is -2.94. The van der Waals surface area contributed by atoms with Crippen LogP contribution in [0.2, 0.25) is 0 Å². The highest BCUT2D eigenvalue weighted by molar-refractivity contribution is 9.10. The molecule has 0 aliphatic carbocycles. The molecule has 0 spiro atoms. The minimum Gasteiger partial charge on any atom is -0.485 e. The number of carbonyl (C=O) groups is 1. The first kappa shape index (κ1) is 18.8. The summed E-state index contributed by atoms with van der Waals surface area (Å²) in [6.45, 7) is -0.377. The standard InChI is InChI=1S/C18H14BrFN2O5/c19-12-1-5-14(6-2-12)25-11-18(23)26-10-17-21-16(22-27-17)9-24-15-7-3-13(20)4-8-15/h1-8H,9-11H2. The summed E-state index contributed by atoms with van der Waals surface area (Å²) in [6.07, 6.45) is 0. The van der Waals surface area contributed by atoms with Crippen molar-refractivity contribution in [1.82, 2.24) is 10.1 Å². The van der Waals surface area contributed by atoms with Gasteiger partial charge in [-0.1, -0.05) is 21.1 Å². The van der Waals surface area contributed by atoms with Gasteiger partial charge in [0.25, 0.3) is 5.89 Å². The van der Waals surface area contributed by atoms with E-state index in [1.54, 1.807) is 24.3 Å². The Morgan fingerprint density at radius 1 is 1.00 bits per heavy atom. The van der Waals surface area contributed by atoms with Gasteiger partial charge in [-0.25, -0.2) is 9.18 Å². The van der Waals surface area contributed by atoms with Crippen LogP contribution in [0.1, 0.15) is 11.7 Å². The van der Waals surface area contributed by atoms with Crippen LogP contribution in [0.4, 0.5) is 4.39 Å². The average molecular weight is 437 g/mol. The van der Waals surface area contributed by atoms with Crippen LogP contribution in [0.15, 0.2) is 57.5 Å². The molecular weight excluding hydrogens is 423 g/mol. The zero-order chi connectivity index (χ0) is 19.1. The molecule has 0 aliphatic rings. The van der Waals surface area contributed by atoms with Crippen LogP contribution >= 0.6 is 15.9 Å². The number of rotatable bonds is 8. The number of hydrogen-bond acceptors (Lipinski definition) is 7. The number of nitrogens with zero attached hydrogens (tertiary/aromatic N) is 2. The van der Waals surface area contributed by atoms with Gasteiger partial charge in [-0.15, -0.1) is 0 Å². The summed E-state index contributed by atoms with van der Waals surface area (Å²) >= 11 is 3.31. The molecule has 27 heavy (non-hydrogen) atoms. The summed E-state index contributed by atoms with van der Waals surface area (Å²) in [5.41, 5.74) is 0. The van der Waals surface area contributed by atoms with Crippen LogP contribution in [0.3, 0.4) is 0 Å². The van der Waals surface area contributed by atoms with Gasteiger partial charge in [0, 0.05) is 4.47 Å². The van der Waals surface area contributed by atoms with Crippen molar-refractivity contribution in [3.05, 3.63) is 70.5 Å². The fourth-order valence-electron chi connectivity index (χ4n) is 1.94. The second-order valence-corrected chi connectivity index (χ2v) is 6.17. The lowest BCUT2D eigenvalue weighted by Crippen LogP contribution is -2.14. The molecule has 0 amide bonds. The van der Waals surface area contributed by atoms with Gasteiger partial charge < -0.3 is 18.7 Å². The van der Waals surface area contributed by atoms with Crippen LogP contribution in [-0.4, -0.2) is 22.7 Å². The lowest BCUT2D eigenvalue weighted by molar-refractivity contribution is -0.148. The molecule has 2 aromatic carbocycles. The van der Waals surface area contributed by atoms with Crippen LogP contribution in [0, 0.1) is 5.82 Å². The van der Waals surface area contributed by atoms with E-state index in [1.807, 2.05) is 0 Å². The molecule has 3 aromatic rings. The Morgan fingerprint density at radius 2 is 1.67 bits per heavy atom. The summed E-state index contributed by atoms with van der Waals surface area (Å²) in [7, 11) is 0. The van der Waals surface area contributed by atoms with Gasteiger partial charge in [0.15, 0.2) is 19.8 Å². The predicted molar refractivity (Wildman–Crippen MR) is 94.5 cm³/mol. The van der Waals surface area contributed by atoms with Gasteiger partial charge in [-0.2, -0.15) is 4.98 Å². The first-order valence-corrected chi connectivity index (χ1v) is 8.61. The number of ether oxygens (including phenoxy) is 3. The number of halogens is 2. The summed E-state index contributed by atoms with van der Waals surface area (Å²) in [6, 6.07) is 12.6. The Bertz CT molecular complexity index is 884. The zero-order valence-corrected chi connectivity index (χ0v) is 15.5. The zero-order valence-electron chi connectivity index (χ0n) is 13.9. The van der Waals surface area contributed by atoms with E-state index < -0.39 is 5.97 Å². The highest BCUT2D eigenvalue weighted by atomic mass is 79.9. The van der Waals surface area contributed by atoms with Crippen molar-refractivity contribution < 1.29 is 27.9 Å². The molecule has 9 heteroatoms. The summed E-state index contributed by atoms with van der Waals surface area (Å²) in [4.78, 5) is 15.7. The van der Waals surface area contributed by atoms with Gasteiger partial charge in [0.05, 0.1) is 0 Å². The van der Waals surface area contributed by atoms with Gasteiger partial charge >= 0.3 is 5.97 Å². The van der Waals surface area contributed by atoms with Crippen LogP contribution in [0.5, 0.6) is 11.5 Å². The topological polar surface area (TPSA) is 83.7 Å². The minimum absolute atomic E-state index is 0.0375. The van der Waals surface area contributed by atoms with E-state index in [0.717, 1.165) is 4.47 Å². The lowest BCUT2D eigenvalue weighted by atomic mass is 10.3. The minimum atomic E-state index is -0.569. The molecule has 0 atom stereocenters. The van der Waals surface area contributed by atoms with E-state index in [9.17, 15) is 9.18 Å². The fourth-order valence-corrected chi connectivity index (χ4v) is 2.21. The van der Waals surface area contributed by atoms with Crippen molar-refractivity contribution in [2.24, 2.45) is 0 Å². The lowest BCUT2D eigenvalue weighted by Gasteiger charge is -2.05. The number of benzene rings is 2. The normalized spacial score (nSPS) is 10.4. The second-order valence-electron chi connectivity index (χ2n) is 5.25. The maximum absolute atomic E-state index is 12.8. The van der Waals surface area contributed by atoms with Crippen LogP contribution < -0.4 is 9.47 Å². The molecule has 140 valence electrons. The Kier molecular flexibility index (Phi) is 6.37. The van der Waals surface area contributed by atoms with E-state index >= 15 is 0 Å². The SMILES string of the molecule is O=C(COc1ccc(Br)cc1)OCc1nc(COc2ccc(F)cc2)no1. The van der Waals surface area contributed by atoms with E-state index in [1.165, 1.54) is 24.3 Å². The van der Waals surface area contributed by atoms with Gasteiger partial charge in [0.1, 0.15) is 17.3 Å². The van der Waals surface area contributed by atoms with E-state index in [2.05, 4.69) is 26.1 Å². The second kappa shape index (κ2) is 9.13. The monoisotopic (exact) mass is 436 g/mol. The van der Waals surface area contributed by atoms with Crippen LogP contribution in [-0.2, 0) is 22.7 Å². The molecule has 0 N–H and O–H groups in total. The molecule has 0 unspecified atom stereocenters. The Morgan fingerprint density at radius 3 is 2.41 bits per heavy atom. The van der Waals surface area contributed by atoms with Crippen molar-refractivity contribution in [2.45, 2.75) is 13.2 Å². The average Bonchev–Trinajstić information content (AvgIpc) is 3.13. The molecule has 0 fully saturated rings. The Labute approximate surface area is 162 Å².